The minimum absolute atomic E-state index is 0.200. The van der Waals surface area contributed by atoms with Crippen molar-refractivity contribution in [3.8, 4) is 0 Å². The van der Waals surface area contributed by atoms with Gasteiger partial charge in [-0.25, -0.2) is 0 Å². The first-order chi connectivity index (χ1) is 11.2. The molecule has 3 rings (SSSR count). The Kier molecular flexibility index (Phi) is 4.67. The zero-order chi connectivity index (χ0) is 16.2. The van der Waals surface area contributed by atoms with Crippen LogP contribution in [0.3, 0.4) is 0 Å². The number of carbonyl (C=O) groups excluding carboxylic acids is 2. The van der Waals surface area contributed by atoms with Crippen LogP contribution in [0.5, 0.6) is 0 Å². The van der Waals surface area contributed by atoms with Gasteiger partial charge in [-0.15, -0.1) is 0 Å². The van der Waals surface area contributed by atoms with Crippen LogP contribution < -0.4 is 4.90 Å². The molecule has 5 heteroatoms. The molecule has 0 atom stereocenters. The van der Waals surface area contributed by atoms with Gasteiger partial charge in [0.05, 0.1) is 24.4 Å². The highest BCUT2D eigenvalue weighted by Gasteiger charge is 2.23. The Morgan fingerprint density at radius 3 is 2.74 bits per heavy atom. The van der Waals surface area contributed by atoms with Crippen molar-refractivity contribution in [2.24, 2.45) is 0 Å². The molecule has 0 fully saturated rings. The third kappa shape index (κ3) is 3.24. The monoisotopic (exact) mass is 327 g/mol. The number of aldehydes is 1. The van der Waals surface area contributed by atoms with E-state index < -0.39 is 0 Å². The fourth-order valence-electron chi connectivity index (χ4n) is 2.60. The summed E-state index contributed by atoms with van der Waals surface area (Å²) in [5, 5.41) is 0. The minimum Gasteiger partial charge on any atom is -0.466 e. The lowest BCUT2D eigenvalue weighted by atomic mass is 10.1. The minimum atomic E-state index is -0.200. The van der Waals surface area contributed by atoms with Gasteiger partial charge in [0.25, 0.3) is 0 Å². The third-order valence-corrected chi connectivity index (χ3v) is 4.74. The van der Waals surface area contributed by atoms with Crippen molar-refractivity contribution in [2.75, 3.05) is 18.1 Å². The molecule has 0 spiro atoms. The van der Waals surface area contributed by atoms with Gasteiger partial charge in [0.2, 0.25) is 0 Å². The van der Waals surface area contributed by atoms with Gasteiger partial charge in [-0.1, -0.05) is 23.9 Å². The number of rotatable bonds is 5. The Hall–Kier alpha value is -2.27. The van der Waals surface area contributed by atoms with E-state index in [0.717, 1.165) is 27.5 Å². The van der Waals surface area contributed by atoms with Crippen LogP contribution in [0.15, 0.2) is 52.3 Å². The predicted molar refractivity (Wildman–Crippen MR) is 90.7 cm³/mol. The SMILES string of the molecule is CCOC(=O)CCN1c2ccccc2Sc2cc(C=O)ccc21. The number of nitrogens with zero attached hydrogens (tertiary/aromatic N) is 1. The second-order valence-electron chi connectivity index (χ2n) is 5.12. The van der Waals surface area contributed by atoms with Crippen LogP contribution in [-0.4, -0.2) is 25.4 Å². The largest absolute Gasteiger partial charge is 0.466 e. The maximum Gasteiger partial charge on any atom is 0.307 e. The van der Waals surface area contributed by atoms with E-state index in [9.17, 15) is 9.59 Å². The molecule has 2 aromatic carbocycles. The van der Waals surface area contributed by atoms with Crippen LogP contribution in [0, 0.1) is 0 Å². The van der Waals surface area contributed by atoms with Gasteiger partial charge in [-0.2, -0.15) is 0 Å². The van der Waals surface area contributed by atoms with Crippen molar-refractivity contribution in [1.29, 1.82) is 0 Å². The molecule has 0 unspecified atom stereocenters. The Morgan fingerprint density at radius 1 is 1.17 bits per heavy atom. The lowest BCUT2D eigenvalue weighted by Crippen LogP contribution is -2.24. The van der Waals surface area contributed by atoms with E-state index in [1.807, 2.05) is 36.4 Å². The molecule has 0 N–H and O–H groups in total. The number of fused-ring (bicyclic) bond motifs is 2. The molecule has 0 aliphatic carbocycles. The number of hydrogen-bond acceptors (Lipinski definition) is 5. The molecule has 0 saturated carbocycles. The quantitative estimate of drug-likeness (QED) is 0.612. The molecule has 1 aliphatic heterocycles. The molecule has 0 saturated heterocycles. The Labute approximate surface area is 139 Å². The van der Waals surface area contributed by atoms with Crippen LogP contribution in [0.25, 0.3) is 0 Å². The van der Waals surface area contributed by atoms with E-state index in [4.69, 9.17) is 4.74 Å². The summed E-state index contributed by atoms with van der Waals surface area (Å²) in [5.41, 5.74) is 2.75. The van der Waals surface area contributed by atoms with Crippen molar-refractivity contribution in [1.82, 2.24) is 0 Å². The Morgan fingerprint density at radius 2 is 1.96 bits per heavy atom. The second kappa shape index (κ2) is 6.87. The van der Waals surface area contributed by atoms with Crippen LogP contribution in [0.2, 0.25) is 0 Å². The number of esters is 1. The molecule has 1 heterocycles. The second-order valence-corrected chi connectivity index (χ2v) is 6.21. The summed E-state index contributed by atoms with van der Waals surface area (Å²) < 4.78 is 5.03. The van der Waals surface area contributed by atoms with Crippen LogP contribution >= 0.6 is 11.8 Å². The zero-order valence-electron chi connectivity index (χ0n) is 12.8. The van der Waals surface area contributed by atoms with Gasteiger partial charge < -0.3 is 9.64 Å². The number of benzene rings is 2. The molecular formula is C18H17NO3S. The summed E-state index contributed by atoms with van der Waals surface area (Å²) in [6.07, 6.45) is 1.17. The highest BCUT2D eigenvalue weighted by atomic mass is 32.2. The predicted octanol–water partition coefficient (Wildman–Crippen LogP) is 4.06. The lowest BCUT2D eigenvalue weighted by molar-refractivity contribution is -0.142. The number of hydrogen-bond donors (Lipinski definition) is 0. The summed E-state index contributed by atoms with van der Waals surface area (Å²) in [5.74, 6) is -0.200. The highest BCUT2D eigenvalue weighted by molar-refractivity contribution is 7.99. The van der Waals surface area contributed by atoms with E-state index in [-0.39, 0.29) is 5.97 Å². The summed E-state index contributed by atoms with van der Waals surface area (Å²) in [6, 6.07) is 13.7. The first kappa shape index (κ1) is 15.6. The molecule has 0 aromatic heterocycles. The van der Waals surface area contributed by atoms with E-state index >= 15 is 0 Å². The normalized spacial score (nSPS) is 12.3. The van der Waals surface area contributed by atoms with Crippen molar-refractivity contribution < 1.29 is 14.3 Å². The molecule has 23 heavy (non-hydrogen) atoms. The summed E-state index contributed by atoms with van der Waals surface area (Å²) in [4.78, 5) is 27.0. The van der Waals surface area contributed by atoms with Crippen molar-refractivity contribution >= 4 is 35.4 Å². The molecule has 4 nitrogen and oxygen atoms in total. The van der Waals surface area contributed by atoms with Crippen molar-refractivity contribution in [2.45, 2.75) is 23.1 Å². The van der Waals surface area contributed by atoms with E-state index in [2.05, 4.69) is 4.90 Å². The summed E-state index contributed by atoms with van der Waals surface area (Å²) in [6.45, 7) is 2.75. The molecule has 2 aromatic rings. The van der Waals surface area contributed by atoms with E-state index in [1.54, 1.807) is 24.8 Å². The maximum absolute atomic E-state index is 11.7. The van der Waals surface area contributed by atoms with Gasteiger partial charge in [-0.3, -0.25) is 9.59 Å². The van der Waals surface area contributed by atoms with Crippen LogP contribution in [-0.2, 0) is 9.53 Å². The number of para-hydroxylation sites is 1. The van der Waals surface area contributed by atoms with Gasteiger partial charge in [0, 0.05) is 21.9 Å². The van der Waals surface area contributed by atoms with Crippen molar-refractivity contribution in [3.63, 3.8) is 0 Å². The topological polar surface area (TPSA) is 46.6 Å². The van der Waals surface area contributed by atoms with Crippen LogP contribution in [0.4, 0.5) is 11.4 Å². The molecule has 118 valence electrons. The average molecular weight is 327 g/mol. The van der Waals surface area contributed by atoms with Crippen molar-refractivity contribution in [3.05, 3.63) is 48.0 Å². The Bertz CT molecular complexity index is 745. The third-order valence-electron chi connectivity index (χ3n) is 3.63. The zero-order valence-corrected chi connectivity index (χ0v) is 13.6. The summed E-state index contributed by atoms with van der Waals surface area (Å²) in [7, 11) is 0. The van der Waals surface area contributed by atoms with Crippen LogP contribution in [0.1, 0.15) is 23.7 Å². The average Bonchev–Trinajstić information content (AvgIpc) is 2.58. The molecule has 0 bridgehead atoms. The van der Waals surface area contributed by atoms with Gasteiger partial charge in [0.1, 0.15) is 6.29 Å². The fraction of sp³-hybridized carbons (Fsp3) is 0.222. The van der Waals surface area contributed by atoms with Gasteiger partial charge in [0.15, 0.2) is 0 Å². The number of ether oxygens (including phenoxy) is 1. The molecule has 0 amide bonds. The number of anilines is 2. The Balaban J connectivity index is 1.94. The van der Waals surface area contributed by atoms with Gasteiger partial charge >= 0.3 is 5.97 Å². The standard InChI is InChI=1S/C18H17NO3S/c1-2-22-18(21)9-10-19-14-5-3-4-6-16(14)23-17-11-13(12-20)7-8-15(17)19/h3-8,11-12H,2,9-10H2,1H3. The fourth-order valence-corrected chi connectivity index (χ4v) is 3.74. The smallest absolute Gasteiger partial charge is 0.307 e. The van der Waals surface area contributed by atoms with Gasteiger partial charge in [-0.05, 0) is 37.3 Å². The highest BCUT2D eigenvalue weighted by Crippen LogP contribution is 2.48. The number of carbonyl (C=O) groups is 2. The van der Waals surface area contributed by atoms with E-state index in [0.29, 0.717) is 25.1 Å². The first-order valence-corrected chi connectivity index (χ1v) is 8.34. The molecule has 1 aliphatic rings. The molecular weight excluding hydrogens is 310 g/mol. The first-order valence-electron chi connectivity index (χ1n) is 7.52. The lowest BCUT2D eigenvalue weighted by Gasteiger charge is -2.32. The molecule has 0 radical (unpaired) electrons. The summed E-state index contributed by atoms with van der Waals surface area (Å²) >= 11 is 1.64. The van der Waals surface area contributed by atoms with E-state index in [1.165, 1.54) is 0 Å². The maximum atomic E-state index is 11.7.